The molecule has 0 radical (unpaired) electrons. The molecule has 0 aromatic heterocycles. The van der Waals surface area contributed by atoms with Crippen molar-refractivity contribution in [2.45, 2.75) is 26.3 Å². The van der Waals surface area contributed by atoms with Crippen LogP contribution in [0.15, 0.2) is 23.2 Å². The second-order valence-electron chi connectivity index (χ2n) is 5.91. The van der Waals surface area contributed by atoms with Crippen molar-refractivity contribution in [2.24, 2.45) is 10.9 Å². The first-order valence-electron chi connectivity index (χ1n) is 8.52. The van der Waals surface area contributed by atoms with E-state index in [1.54, 1.807) is 13.2 Å². The number of guanidine groups is 1. The Hall–Kier alpha value is -1.95. The predicted octanol–water partition coefficient (Wildman–Crippen LogP) is 2.70. The summed E-state index contributed by atoms with van der Waals surface area (Å²) in [7, 11) is 3.07. The number of esters is 1. The number of carbonyl (C=O) groups excluding carboxylic acids is 1. The van der Waals surface area contributed by atoms with Crippen molar-refractivity contribution in [1.29, 1.82) is 0 Å². The van der Waals surface area contributed by atoms with Crippen LogP contribution in [0, 0.1) is 5.92 Å². The average Bonchev–Trinajstić information content (AvgIpc) is 2.65. The molecule has 0 amide bonds. The van der Waals surface area contributed by atoms with Gasteiger partial charge in [-0.3, -0.25) is 4.79 Å². The number of carbonyl (C=O) groups is 1. The zero-order valence-corrected chi connectivity index (χ0v) is 15.8. The lowest BCUT2D eigenvalue weighted by Crippen LogP contribution is -2.46. The fourth-order valence-corrected chi connectivity index (χ4v) is 3.09. The number of nitrogens with zero attached hydrogens (tertiary/aromatic N) is 2. The molecular weight excluding hydrogens is 342 g/mol. The monoisotopic (exact) mass is 367 g/mol. The van der Waals surface area contributed by atoms with Gasteiger partial charge in [0.1, 0.15) is 5.75 Å². The number of likely N-dealkylation sites (tertiary alicyclic amines) is 1. The van der Waals surface area contributed by atoms with Crippen LogP contribution in [0.5, 0.6) is 5.75 Å². The summed E-state index contributed by atoms with van der Waals surface area (Å²) in [5.74, 6) is 1.45. The Kier molecular flexibility index (Phi) is 7.37. The maximum Gasteiger partial charge on any atom is 0.308 e. The zero-order chi connectivity index (χ0) is 18.2. The van der Waals surface area contributed by atoms with Gasteiger partial charge in [0.15, 0.2) is 5.96 Å². The van der Waals surface area contributed by atoms with Gasteiger partial charge >= 0.3 is 5.97 Å². The lowest BCUT2D eigenvalue weighted by atomic mass is 9.97. The van der Waals surface area contributed by atoms with E-state index in [9.17, 15) is 4.79 Å². The van der Waals surface area contributed by atoms with Gasteiger partial charge in [-0.1, -0.05) is 17.7 Å². The van der Waals surface area contributed by atoms with Crippen molar-refractivity contribution >= 4 is 23.5 Å². The second-order valence-corrected chi connectivity index (χ2v) is 6.35. The van der Waals surface area contributed by atoms with Gasteiger partial charge in [-0.25, -0.2) is 4.99 Å². The molecule has 1 aliphatic rings. The Labute approximate surface area is 154 Å². The fraction of sp³-hybridized carbons (Fsp3) is 0.556. The van der Waals surface area contributed by atoms with Crippen LogP contribution < -0.4 is 10.1 Å². The molecule has 138 valence electrons. The topological polar surface area (TPSA) is 63.2 Å². The summed E-state index contributed by atoms with van der Waals surface area (Å²) in [5.41, 5.74) is 0.978. The maximum atomic E-state index is 11.7. The smallest absolute Gasteiger partial charge is 0.308 e. The number of piperidine rings is 1. The molecule has 7 heteroatoms. The van der Waals surface area contributed by atoms with E-state index >= 15 is 0 Å². The van der Waals surface area contributed by atoms with Crippen LogP contribution in [0.2, 0.25) is 5.02 Å². The van der Waals surface area contributed by atoms with Crippen LogP contribution in [0.4, 0.5) is 0 Å². The first-order valence-corrected chi connectivity index (χ1v) is 8.90. The van der Waals surface area contributed by atoms with Crippen LogP contribution in [-0.4, -0.2) is 50.7 Å². The molecule has 1 aromatic rings. The number of methoxy groups -OCH3 is 2. The molecule has 1 N–H and O–H groups in total. The average molecular weight is 368 g/mol. The second kappa shape index (κ2) is 9.51. The van der Waals surface area contributed by atoms with Gasteiger partial charge in [0, 0.05) is 30.2 Å². The molecule has 1 aliphatic heterocycles. The highest BCUT2D eigenvalue weighted by atomic mass is 35.5. The molecule has 0 unspecified atom stereocenters. The minimum Gasteiger partial charge on any atom is -0.496 e. The van der Waals surface area contributed by atoms with E-state index in [0.717, 1.165) is 49.7 Å². The van der Waals surface area contributed by atoms with Crippen LogP contribution in [0.1, 0.15) is 25.3 Å². The lowest BCUT2D eigenvalue weighted by molar-refractivity contribution is -0.146. The Morgan fingerprint density at radius 2 is 2.08 bits per heavy atom. The summed E-state index contributed by atoms with van der Waals surface area (Å²) < 4.78 is 10.2. The molecule has 1 heterocycles. The molecule has 0 aliphatic carbocycles. The largest absolute Gasteiger partial charge is 0.496 e. The summed E-state index contributed by atoms with van der Waals surface area (Å²) >= 11 is 6.01. The molecule has 0 atom stereocenters. The van der Waals surface area contributed by atoms with Gasteiger partial charge in [-0.2, -0.15) is 0 Å². The Balaban J connectivity index is 2.05. The third-order valence-corrected chi connectivity index (χ3v) is 4.55. The van der Waals surface area contributed by atoms with Gasteiger partial charge in [-0.15, -0.1) is 0 Å². The first kappa shape index (κ1) is 19.4. The summed E-state index contributed by atoms with van der Waals surface area (Å²) in [5, 5.41) is 3.96. The predicted molar refractivity (Wildman–Crippen MR) is 99.1 cm³/mol. The SMILES string of the molecule is CCNC(=NCc1ccc(Cl)cc1OC)N1CCC(C(=O)OC)CC1. The van der Waals surface area contributed by atoms with Gasteiger partial charge in [0.25, 0.3) is 0 Å². The molecule has 0 bridgehead atoms. The van der Waals surface area contributed by atoms with E-state index in [4.69, 9.17) is 26.1 Å². The summed E-state index contributed by atoms with van der Waals surface area (Å²) in [4.78, 5) is 18.6. The number of ether oxygens (including phenoxy) is 2. The van der Waals surface area contributed by atoms with Crippen molar-refractivity contribution < 1.29 is 14.3 Å². The lowest BCUT2D eigenvalue weighted by Gasteiger charge is -2.33. The van der Waals surface area contributed by atoms with Crippen molar-refractivity contribution in [3.05, 3.63) is 28.8 Å². The normalized spacial score (nSPS) is 15.8. The number of hydrogen-bond donors (Lipinski definition) is 1. The van der Waals surface area contributed by atoms with Crippen LogP contribution in [0.25, 0.3) is 0 Å². The van der Waals surface area contributed by atoms with E-state index in [1.165, 1.54) is 7.11 Å². The van der Waals surface area contributed by atoms with Crippen LogP contribution in [-0.2, 0) is 16.1 Å². The van der Waals surface area contributed by atoms with E-state index in [0.29, 0.717) is 11.6 Å². The maximum absolute atomic E-state index is 11.7. The highest BCUT2D eigenvalue weighted by molar-refractivity contribution is 6.30. The fourth-order valence-electron chi connectivity index (χ4n) is 2.93. The summed E-state index contributed by atoms with van der Waals surface area (Å²) in [6, 6.07) is 5.56. The third kappa shape index (κ3) is 5.26. The number of hydrogen-bond acceptors (Lipinski definition) is 4. The molecule has 1 fully saturated rings. The molecule has 25 heavy (non-hydrogen) atoms. The molecule has 1 aromatic carbocycles. The summed E-state index contributed by atoms with van der Waals surface area (Å²) in [6.45, 7) is 4.89. The van der Waals surface area contributed by atoms with Crippen LogP contribution >= 0.6 is 11.6 Å². The number of benzene rings is 1. The summed E-state index contributed by atoms with van der Waals surface area (Å²) in [6.07, 6.45) is 1.56. The molecule has 0 spiro atoms. The van der Waals surface area contributed by atoms with E-state index in [1.807, 2.05) is 19.1 Å². The number of rotatable bonds is 5. The Morgan fingerprint density at radius 1 is 1.36 bits per heavy atom. The van der Waals surface area contributed by atoms with Crippen molar-refractivity contribution in [3.63, 3.8) is 0 Å². The quantitative estimate of drug-likeness (QED) is 0.492. The highest BCUT2D eigenvalue weighted by Crippen LogP contribution is 2.24. The van der Waals surface area contributed by atoms with Gasteiger partial charge in [-0.05, 0) is 31.9 Å². The number of halogens is 1. The van der Waals surface area contributed by atoms with Crippen molar-refractivity contribution in [3.8, 4) is 5.75 Å². The van der Waals surface area contributed by atoms with E-state index in [2.05, 4.69) is 10.2 Å². The molecule has 2 rings (SSSR count). The zero-order valence-electron chi connectivity index (χ0n) is 15.0. The minimum absolute atomic E-state index is 0.0134. The minimum atomic E-state index is -0.118. The Bertz CT molecular complexity index is 614. The van der Waals surface area contributed by atoms with E-state index in [-0.39, 0.29) is 11.9 Å². The number of aliphatic imine (C=N–C) groups is 1. The Morgan fingerprint density at radius 3 is 2.68 bits per heavy atom. The molecule has 1 saturated heterocycles. The van der Waals surface area contributed by atoms with Gasteiger partial charge in [0.05, 0.1) is 26.7 Å². The van der Waals surface area contributed by atoms with Gasteiger partial charge in [0.2, 0.25) is 0 Å². The van der Waals surface area contributed by atoms with Gasteiger partial charge < -0.3 is 19.7 Å². The van der Waals surface area contributed by atoms with E-state index < -0.39 is 0 Å². The molecule has 0 saturated carbocycles. The number of nitrogens with one attached hydrogen (secondary N) is 1. The van der Waals surface area contributed by atoms with Crippen molar-refractivity contribution in [2.75, 3.05) is 33.9 Å². The molecular formula is C18H26ClN3O3. The molecule has 6 nitrogen and oxygen atoms in total. The van der Waals surface area contributed by atoms with Crippen LogP contribution in [0.3, 0.4) is 0 Å². The standard InChI is InChI=1S/C18H26ClN3O3/c1-4-20-18(22-9-7-13(8-10-22)17(23)25-3)21-12-14-5-6-15(19)11-16(14)24-2/h5-6,11,13H,4,7-10,12H2,1-3H3,(H,20,21). The highest BCUT2D eigenvalue weighted by Gasteiger charge is 2.26. The first-order chi connectivity index (χ1) is 12.1. The third-order valence-electron chi connectivity index (χ3n) is 4.31. The van der Waals surface area contributed by atoms with Crippen molar-refractivity contribution in [1.82, 2.24) is 10.2 Å².